The van der Waals surface area contributed by atoms with Crippen molar-refractivity contribution in [2.24, 2.45) is 0 Å². The summed E-state index contributed by atoms with van der Waals surface area (Å²) in [6.07, 6.45) is 7.10. The van der Waals surface area contributed by atoms with E-state index in [0.29, 0.717) is 35.5 Å². The van der Waals surface area contributed by atoms with Crippen LogP contribution in [0.5, 0.6) is 0 Å². The molecule has 0 radical (unpaired) electrons. The Labute approximate surface area is 229 Å². The molecular formula is C32H32ClNO4. The van der Waals surface area contributed by atoms with Crippen LogP contribution in [0.1, 0.15) is 58.0 Å². The Bertz CT molecular complexity index is 1350. The van der Waals surface area contributed by atoms with Crippen molar-refractivity contribution in [3.8, 4) is 11.1 Å². The normalized spacial score (nSPS) is 15.3. The van der Waals surface area contributed by atoms with Gasteiger partial charge in [0.25, 0.3) is 0 Å². The van der Waals surface area contributed by atoms with E-state index >= 15 is 0 Å². The fraction of sp³-hybridized carbons (Fsp3) is 0.281. The van der Waals surface area contributed by atoms with Crippen LogP contribution in [-0.4, -0.2) is 42.3 Å². The summed E-state index contributed by atoms with van der Waals surface area (Å²) in [6, 6.07) is 20.7. The van der Waals surface area contributed by atoms with E-state index in [4.69, 9.17) is 16.3 Å². The van der Waals surface area contributed by atoms with Crippen molar-refractivity contribution in [1.82, 2.24) is 4.90 Å². The lowest BCUT2D eigenvalue weighted by atomic mass is 9.96. The number of allylic oxidation sites excluding steroid dienone is 1. The zero-order valence-corrected chi connectivity index (χ0v) is 22.5. The fourth-order valence-corrected chi connectivity index (χ4v) is 5.09. The second-order valence-corrected chi connectivity index (χ2v) is 9.88. The van der Waals surface area contributed by atoms with Gasteiger partial charge in [0.2, 0.25) is 5.91 Å². The number of carbonyl (C=O) groups excluding carboxylic acids is 3. The largest absolute Gasteiger partial charge is 0.465 e. The number of aryl methyl sites for hydroxylation is 2. The van der Waals surface area contributed by atoms with Gasteiger partial charge >= 0.3 is 5.97 Å². The van der Waals surface area contributed by atoms with Crippen molar-refractivity contribution < 1.29 is 19.1 Å². The van der Waals surface area contributed by atoms with Gasteiger partial charge in [-0.15, -0.1) is 0 Å². The minimum Gasteiger partial charge on any atom is -0.465 e. The first-order valence-corrected chi connectivity index (χ1v) is 13.4. The van der Waals surface area contributed by atoms with Gasteiger partial charge in [0.05, 0.1) is 18.7 Å². The molecule has 0 aliphatic carbocycles. The average Bonchev–Trinajstić information content (AvgIpc) is 3.30. The van der Waals surface area contributed by atoms with Gasteiger partial charge in [-0.3, -0.25) is 9.59 Å². The highest BCUT2D eigenvalue weighted by Crippen LogP contribution is 2.28. The number of likely N-dealkylation sites (tertiary alicyclic amines) is 1. The molecule has 4 rings (SSSR count). The number of hydrogen-bond acceptors (Lipinski definition) is 4. The third kappa shape index (κ3) is 6.59. The molecule has 0 spiro atoms. The number of benzene rings is 3. The highest BCUT2D eigenvalue weighted by Gasteiger charge is 2.28. The number of rotatable bonds is 10. The van der Waals surface area contributed by atoms with Crippen LogP contribution in [0.3, 0.4) is 0 Å². The van der Waals surface area contributed by atoms with Gasteiger partial charge in [-0.25, -0.2) is 4.79 Å². The second kappa shape index (κ2) is 12.7. The number of ketones is 1. The predicted octanol–water partition coefficient (Wildman–Crippen LogP) is 6.72. The number of nitrogens with zero attached hydrogens (tertiary/aromatic N) is 1. The molecule has 6 heteroatoms. The fourth-order valence-electron chi connectivity index (χ4n) is 4.90. The number of methoxy groups -OCH3 is 1. The molecule has 1 atom stereocenters. The summed E-state index contributed by atoms with van der Waals surface area (Å²) < 4.78 is 4.74. The van der Waals surface area contributed by atoms with Gasteiger partial charge in [0.1, 0.15) is 0 Å². The molecular weight excluding hydrogens is 498 g/mol. The first kappa shape index (κ1) is 27.3. The molecule has 1 fully saturated rings. The van der Waals surface area contributed by atoms with Gasteiger partial charge in [0, 0.05) is 23.6 Å². The molecule has 0 N–H and O–H groups in total. The molecule has 1 aliphatic heterocycles. The lowest BCUT2D eigenvalue weighted by Gasteiger charge is -2.22. The van der Waals surface area contributed by atoms with E-state index in [1.807, 2.05) is 65.6 Å². The number of hydrogen-bond donors (Lipinski definition) is 0. The van der Waals surface area contributed by atoms with Crippen LogP contribution < -0.4 is 0 Å². The zero-order chi connectivity index (χ0) is 27.1. The molecule has 0 aromatic heterocycles. The van der Waals surface area contributed by atoms with Gasteiger partial charge in [-0.2, -0.15) is 0 Å². The lowest BCUT2D eigenvalue weighted by molar-refractivity contribution is -0.128. The van der Waals surface area contributed by atoms with Crippen molar-refractivity contribution in [1.29, 1.82) is 0 Å². The summed E-state index contributed by atoms with van der Waals surface area (Å²) >= 11 is 6.17. The van der Waals surface area contributed by atoms with E-state index in [9.17, 15) is 14.4 Å². The van der Waals surface area contributed by atoms with Crippen LogP contribution in [0.2, 0.25) is 5.02 Å². The van der Waals surface area contributed by atoms with E-state index in [1.54, 1.807) is 18.2 Å². The molecule has 38 heavy (non-hydrogen) atoms. The van der Waals surface area contributed by atoms with Crippen molar-refractivity contribution in [3.63, 3.8) is 0 Å². The Kier molecular flexibility index (Phi) is 9.14. The lowest BCUT2D eigenvalue weighted by Crippen LogP contribution is -2.33. The first-order valence-electron chi connectivity index (χ1n) is 13.0. The van der Waals surface area contributed by atoms with Crippen molar-refractivity contribution >= 4 is 29.3 Å². The monoisotopic (exact) mass is 529 g/mol. The maximum Gasteiger partial charge on any atom is 0.337 e. The van der Waals surface area contributed by atoms with Crippen molar-refractivity contribution in [2.75, 3.05) is 13.7 Å². The molecule has 3 aromatic carbocycles. The predicted molar refractivity (Wildman–Crippen MR) is 151 cm³/mol. The summed E-state index contributed by atoms with van der Waals surface area (Å²) in [4.78, 5) is 39.0. The van der Waals surface area contributed by atoms with Crippen LogP contribution in [0, 0.1) is 0 Å². The summed E-state index contributed by atoms with van der Waals surface area (Å²) in [6.45, 7) is 2.70. The quantitative estimate of drug-likeness (QED) is 0.166. The Balaban J connectivity index is 1.38. The highest BCUT2D eigenvalue weighted by atomic mass is 35.5. The Hall–Kier alpha value is -3.70. The molecule has 3 aromatic rings. The van der Waals surface area contributed by atoms with E-state index < -0.39 is 0 Å². The Morgan fingerprint density at radius 2 is 1.84 bits per heavy atom. The van der Waals surface area contributed by atoms with Crippen LogP contribution in [-0.2, 0) is 22.4 Å². The number of carbonyl (C=O) groups is 3. The van der Waals surface area contributed by atoms with Crippen molar-refractivity contribution in [2.45, 2.75) is 45.1 Å². The second-order valence-electron chi connectivity index (χ2n) is 9.44. The van der Waals surface area contributed by atoms with Crippen molar-refractivity contribution in [3.05, 3.63) is 106 Å². The van der Waals surface area contributed by atoms with E-state index in [2.05, 4.69) is 6.92 Å². The van der Waals surface area contributed by atoms with Crippen LogP contribution in [0.4, 0.5) is 0 Å². The summed E-state index contributed by atoms with van der Waals surface area (Å²) in [5.74, 6) is -0.320. The molecule has 0 unspecified atom stereocenters. The maximum absolute atomic E-state index is 13.0. The smallest absolute Gasteiger partial charge is 0.337 e. The minimum atomic E-state index is -0.356. The van der Waals surface area contributed by atoms with Crippen LogP contribution >= 0.6 is 11.6 Å². The average molecular weight is 530 g/mol. The summed E-state index contributed by atoms with van der Waals surface area (Å²) in [5.41, 5.74) is 5.42. The Morgan fingerprint density at radius 1 is 1.05 bits per heavy atom. The van der Waals surface area contributed by atoms with Crippen LogP contribution in [0.25, 0.3) is 11.1 Å². The van der Waals surface area contributed by atoms with Crippen LogP contribution in [0.15, 0.2) is 78.9 Å². The molecule has 0 saturated carbocycles. The third-order valence-corrected chi connectivity index (χ3v) is 7.23. The topological polar surface area (TPSA) is 63.7 Å². The molecule has 5 nitrogen and oxygen atoms in total. The molecule has 1 amide bonds. The van der Waals surface area contributed by atoms with Gasteiger partial charge in [-0.1, -0.05) is 61.0 Å². The highest BCUT2D eigenvalue weighted by molar-refractivity contribution is 6.30. The first-order chi connectivity index (χ1) is 18.4. The van der Waals surface area contributed by atoms with E-state index in [0.717, 1.165) is 41.5 Å². The molecule has 0 bridgehead atoms. The van der Waals surface area contributed by atoms with Gasteiger partial charge in [0.15, 0.2) is 5.78 Å². The van der Waals surface area contributed by atoms with E-state index in [-0.39, 0.29) is 23.7 Å². The molecule has 1 heterocycles. The molecule has 1 aliphatic rings. The Morgan fingerprint density at radius 3 is 2.58 bits per heavy atom. The third-order valence-electron chi connectivity index (χ3n) is 6.99. The minimum absolute atomic E-state index is 0.0798. The van der Waals surface area contributed by atoms with E-state index in [1.165, 1.54) is 7.11 Å². The van der Waals surface area contributed by atoms with Gasteiger partial charge < -0.3 is 9.64 Å². The number of halogens is 1. The summed E-state index contributed by atoms with van der Waals surface area (Å²) in [5, 5.41) is 0.702. The molecule has 196 valence electrons. The number of esters is 1. The SMILES string of the molecule is CCc1cc(Cl)ccc1-c1cccc(C(=O)/C=C/[C@H]2CCC(=O)N2CCCc2ccc(C(=O)OC)cc2)c1. The zero-order valence-electron chi connectivity index (χ0n) is 21.8. The maximum atomic E-state index is 13.0. The molecule has 1 saturated heterocycles. The number of amides is 1. The summed E-state index contributed by atoms with van der Waals surface area (Å²) in [7, 11) is 1.36. The number of ether oxygens (including phenoxy) is 1. The van der Waals surface area contributed by atoms with Gasteiger partial charge in [-0.05, 0) is 84.3 Å². The standard InChI is InChI=1S/C32H32ClNO4/c1-3-23-21-27(33)13-16-29(23)25-7-4-8-26(20-25)30(35)17-14-28-15-18-31(36)34(28)19-5-6-22-9-11-24(12-10-22)32(37)38-2/h4,7-14,16-17,20-21,28H,3,5-6,15,18-19H2,1-2H3/b17-14+/t28-/m0/s1.